The van der Waals surface area contributed by atoms with Crippen molar-refractivity contribution in [3.8, 4) is 0 Å². The van der Waals surface area contributed by atoms with E-state index in [1.807, 2.05) is 13.0 Å². The van der Waals surface area contributed by atoms with E-state index in [1.165, 1.54) is 13.2 Å². The van der Waals surface area contributed by atoms with Gasteiger partial charge in [-0.2, -0.15) is 4.57 Å². The summed E-state index contributed by atoms with van der Waals surface area (Å²) >= 11 is 5.86. The summed E-state index contributed by atoms with van der Waals surface area (Å²) in [5, 5.41) is 9.70. The number of nitrogens with zero attached hydrogens (tertiary/aromatic N) is 2. The lowest BCUT2D eigenvalue weighted by atomic mass is 10.1. The molecule has 0 aliphatic rings. The second kappa shape index (κ2) is 8.20. The van der Waals surface area contributed by atoms with Gasteiger partial charge in [-0.15, -0.1) is 0 Å². The van der Waals surface area contributed by atoms with Crippen molar-refractivity contribution in [3.05, 3.63) is 82.0 Å². The van der Waals surface area contributed by atoms with E-state index in [-0.39, 0.29) is 17.1 Å². The van der Waals surface area contributed by atoms with Crippen molar-refractivity contribution in [2.75, 3.05) is 7.11 Å². The number of carbonyl (C=O) groups excluding carboxylic acids is 2. The molecule has 0 unspecified atom stereocenters. The molecule has 0 spiro atoms. The minimum absolute atomic E-state index is 0.146. The van der Waals surface area contributed by atoms with Crippen LogP contribution in [0.5, 0.6) is 0 Å². The van der Waals surface area contributed by atoms with E-state index in [2.05, 4.69) is 4.74 Å². The van der Waals surface area contributed by atoms with Gasteiger partial charge in [-0.1, -0.05) is 11.6 Å². The Labute approximate surface area is 150 Å². The molecule has 6 heteroatoms. The van der Waals surface area contributed by atoms with Gasteiger partial charge in [-0.3, -0.25) is 10.7 Å². The summed E-state index contributed by atoms with van der Waals surface area (Å²) in [6.45, 7) is 1.87. The molecular formula is C19H15ClN2O3. The van der Waals surface area contributed by atoms with Crippen LogP contribution < -0.4 is 4.57 Å². The third-order valence-electron chi connectivity index (χ3n) is 3.37. The van der Waals surface area contributed by atoms with Crippen molar-refractivity contribution in [1.82, 2.24) is 0 Å². The molecule has 0 saturated carbocycles. The minimum Gasteiger partial charge on any atom is -0.763 e. The van der Waals surface area contributed by atoms with Gasteiger partial charge in [0.15, 0.2) is 12.4 Å². The second-order valence-electron chi connectivity index (χ2n) is 5.17. The van der Waals surface area contributed by atoms with Gasteiger partial charge in [0.2, 0.25) is 0 Å². The number of hydrogen-bond acceptors (Lipinski definition) is 3. The Balaban J connectivity index is 2.60. The van der Waals surface area contributed by atoms with Crippen LogP contribution in [0, 0.1) is 6.92 Å². The number of aryl methyl sites for hydroxylation is 1. The lowest BCUT2D eigenvalue weighted by Crippen LogP contribution is -2.36. The number of benzene rings is 1. The number of pyridine rings is 1. The number of carbonyl (C=O) groups is 2. The zero-order valence-corrected chi connectivity index (χ0v) is 14.4. The van der Waals surface area contributed by atoms with Crippen molar-refractivity contribution >= 4 is 34.9 Å². The first-order valence-electron chi connectivity index (χ1n) is 7.32. The van der Waals surface area contributed by atoms with Crippen LogP contribution in [-0.4, -0.2) is 24.7 Å². The Morgan fingerprint density at radius 3 is 2.48 bits per heavy atom. The fraction of sp³-hybridized carbons (Fsp3) is 0.105. The molecule has 1 aromatic carbocycles. The van der Waals surface area contributed by atoms with Crippen LogP contribution >= 0.6 is 11.6 Å². The highest BCUT2D eigenvalue weighted by molar-refractivity contribution is 6.31. The number of halogens is 1. The average molecular weight is 355 g/mol. The van der Waals surface area contributed by atoms with Gasteiger partial charge in [0, 0.05) is 28.3 Å². The molecule has 126 valence electrons. The molecule has 5 nitrogen and oxygen atoms in total. The molecule has 25 heavy (non-hydrogen) atoms. The first-order chi connectivity index (χ1) is 12.0. The van der Waals surface area contributed by atoms with Crippen LogP contribution in [-0.2, 0) is 9.53 Å². The van der Waals surface area contributed by atoms with E-state index in [0.717, 1.165) is 5.56 Å². The summed E-state index contributed by atoms with van der Waals surface area (Å²) in [6, 6.07) is 10.0. The van der Waals surface area contributed by atoms with Crippen LogP contribution in [0.1, 0.15) is 15.9 Å². The summed E-state index contributed by atoms with van der Waals surface area (Å²) in [5.41, 5.74) is 1.17. The van der Waals surface area contributed by atoms with Gasteiger partial charge in [0.1, 0.15) is 0 Å². The lowest BCUT2D eigenvalue weighted by molar-refractivity contribution is -0.577. The number of aromatic nitrogens is 1. The summed E-state index contributed by atoms with van der Waals surface area (Å²) in [5.74, 6) is 0.596. The third kappa shape index (κ3) is 4.51. The Bertz CT molecular complexity index is 895. The molecule has 0 N–H and O–H groups in total. The maximum atomic E-state index is 12.9. The van der Waals surface area contributed by atoms with Crippen LogP contribution in [0.2, 0.25) is 5.02 Å². The number of methoxy groups -OCH3 is 1. The minimum atomic E-state index is -0.808. The SMILES string of the molecule is COC(=O)C(=C=[N-])/C=C(\C(=O)c1ccc(Cl)cc1)[n+]1cccc(C)c1. The Morgan fingerprint density at radius 1 is 1.24 bits per heavy atom. The molecule has 2 rings (SSSR count). The molecule has 0 radical (unpaired) electrons. The van der Waals surface area contributed by atoms with E-state index in [0.29, 0.717) is 10.6 Å². The Hall–Kier alpha value is -3.01. The van der Waals surface area contributed by atoms with Crippen molar-refractivity contribution in [1.29, 1.82) is 0 Å². The number of ketones is 1. The van der Waals surface area contributed by atoms with E-state index >= 15 is 0 Å². The van der Waals surface area contributed by atoms with Gasteiger partial charge >= 0.3 is 5.97 Å². The molecule has 1 aromatic heterocycles. The molecular weight excluding hydrogens is 340 g/mol. The molecule has 0 aliphatic heterocycles. The molecule has 0 aliphatic carbocycles. The van der Waals surface area contributed by atoms with Gasteiger partial charge in [0.05, 0.1) is 12.7 Å². The summed E-state index contributed by atoms with van der Waals surface area (Å²) in [4.78, 5) is 24.6. The lowest BCUT2D eigenvalue weighted by Gasteiger charge is -2.05. The highest BCUT2D eigenvalue weighted by atomic mass is 35.5. The maximum absolute atomic E-state index is 12.9. The highest BCUT2D eigenvalue weighted by Gasteiger charge is 2.24. The molecule has 0 bridgehead atoms. The third-order valence-corrected chi connectivity index (χ3v) is 3.62. The predicted molar refractivity (Wildman–Crippen MR) is 95.3 cm³/mol. The summed E-state index contributed by atoms with van der Waals surface area (Å²) < 4.78 is 6.15. The molecule has 0 atom stereocenters. The van der Waals surface area contributed by atoms with Crippen LogP contribution in [0.3, 0.4) is 0 Å². The van der Waals surface area contributed by atoms with E-state index in [4.69, 9.17) is 11.6 Å². The second-order valence-corrected chi connectivity index (χ2v) is 5.61. The first-order valence-corrected chi connectivity index (χ1v) is 7.69. The topological polar surface area (TPSA) is 69.5 Å². The molecule has 0 fully saturated rings. The summed E-state index contributed by atoms with van der Waals surface area (Å²) in [6.07, 6.45) is 4.62. The fourth-order valence-electron chi connectivity index (χ4n) is 2.13. The zero-order chi connectivity index (χ0) is 18.4. The number of rotatable bonds is 5. The average Bonchev–Trinajstić information content (AvgIpc) is 2.62. The quantitative estimate of drug-likeness (QED) is 0.207. The van der Waals surface area contributed by atoms with Crippen molar-refractivity contribution in [2.24, 2.45) is 0 Å². The molecule has 2 aromatic rings. The van der Waals surface area contributed by atoms with E-state index < -0.39 is 5.97 Å². The Morgan fingerprint density at radius 2 is 1.92 bits per heavy atom. The fourth-order valence-corrected chi connectivity index (χ4v) is 2.26. The number of allylic oxidation sites excluding steroid dienone is 1. The van der Waals surface area contributed by atoms with E-state index in [1.54, 1.807) is 53.2 Å². The van der Waals surface area contributed by atoms with Crippen molar-refractivity contribution < 1.29 is 18.9 Å². The predicted octanol–water partition coefficient (Wildman–Crippen LogP) is 3.00. The highest BCUT2D eigenvalue weighted by Crippen LogP contribution is 2.15. The van der Waals surface area contributed by atoms with Gasteiger partial charge in [0.25, 0.3) is 11.5 Å². The molecule has 0 saturated heterocycles. The van der Waals surface area contributed by atoms with Crippen LogP contribution in [0.15, 0.2) is 60.4 Å². The van der Waals surface area contributed by atoms with Gasteiger partial charge < -0.3 is 10.1 Å². The smallest absolute Gasteiger partial charge is 0.344 e. The number of ether oxygens (including phenoxy) is 1. The Kier molecular flexibility index (Phi) is 6.01. The zero-order valence-electron chi connectivity index (χ0n) is 13.7. The maximum Gasteiger partial charge on any atom is 0.344 e. The van der Waals surface area contributed by atoms with E-state index in [9.17, 15) is 15.0 Å². The van der Waals surface area contributed by atoms with Gasteiger partial charge in [-0.25, -0.2) is 4.79 Å². The van der Waals surface area contributed by atoms with Gasteiger partial charge in [-0.05, 0) is 37.3 Å². The van der Waals surface area contributed by atoms with Crippen LogP contribution in [0.25, 0.3) is 11.1 Å². The number of Topliss-reactive ketones (excluding diaryl/α,β-unsaturated/α-hetero) is 1. The van der Waals surface area contributed by atoms with Crippen molar-refractivity contribution in [3.63, 3.8) is 0 Å². The summed E-state index contributed by atoms with van der Waals surface area (Å²) in [7, 11) is 1.17. The normalized spacial score (nSPS) is 10.8. The molecule has 1 heterocycles. The number of hydrogen-bond donors (Lipinski definition) is 0. The largest absolute Gasteiger partial charge is 0.763 e. The van der Waals surface area contributed by atoms with Crippen LogP contribution in [0.4, 0.5) is 0 Å². The standard InChI is InChI=1S/C19H15ClN2O3/c1-13-4-3-9-22(12-13)17(10-15(11-21)19(24)25-2)18(23)14-5-7-16(20)8-6-14/h3-10,12H,1-2H3/b17-10+. The number of esters is 1. The first kappa shape index (κ1) is 18.3. The van der Waals surface area contributed by atoms with Crippen molar-refractivity contribution in [2.45, 2.75) is 6.92 Å². The monoisotopic (exact) mass is 354 g/mol. The molecule has 0 amide bonds.